The summed E-state index contributed by atoms with van der Waals surface area (Å²) in [5, 5.41) is 21.7. The van der Waals surface area contributed by atoms with Crippen molar-refractivity contribution in [2.45, 2.75) is 0 Å². The zero-order valence-corrected chi connectivity index (χ0v) is 43.8. The molecular formula is C78H50N2. The summed E-state index contributed by atoms with van der Waals surface area (Å²) >= 11 is 0. The second-order valence-corrected chi connectivity index (χ2v) is 21.2. The third kappa shape index (κ3) is 7.57. The Morgan fingerprint density at radius 3 is 0.938 bits per heavy atom. The van der Waals surface area contributed by atoms with Gasteiger partial charge in [0.1, 0.15) is 0 Å². The molecule has 0 atom stereocenters. The van der Waals surface area contributed by atoms with Crippen LogP contribution in [-0.2, 0) is 0 Å². The fraction of sp³-hybridized carbons (Fsp3) is 0. The van der Waals surface area contributed by atoms with E-state index in [4.69, 9.17) is 0 Å². The molecule has 0 bridgehead atoms. The predicted molar refractivity (Wildman–Crippen MR) is 344 cm³/mol. The van der Waals surface area contributed by atoms with E-state index in [9.17, 15) is 0 Å². The first-order valence-corrected chi connectivity index (χ1v) is 27.6. The quantitative estimate of drug-likeness (QED) is 0.111. The highest BCUT2D eigenvalue weighted by atomic mass is 15.1. The van der Waals surface area contributed by atoms with Crippen LogP contribution in [0.15, 0.2) is 303 Å². The topological polar surface area (TPSA) is 6.48 Å². The molecule has 80 heavy (non-hydrogen) atoms. The van der Waals surface area contributed by atoms with E-state index in [1.807, 2.05) is 0 Å². The van der Waals surface area contributed by atoms with Crippen molar-refractivity contribution >= 4 is 131 Å². The van der Waals surface area contributed by atoms with Crippen molar-refractivity contribution in [1.82, 2.24) is 0 Å². The molecule has 0 unspecified atom stereocenters. The zero-order valence-electron chi connectivity index (χ0n) is 43.8. The molecule has 0 saturated heterocycles. The first kappa shape index (κ1) is 45.6. The minimum absolute atomic E-state index is 1.08. The van der Waals surface area contributed by atoms with E-state index >= 15 is 0 Å². The van der Waals surface area contributed by atoms with E-state index < -0.39 is 0 Å². The molecule has 0 saturated carbocycles. The van der Waals surface area contributed by atoms with Crippen molar-refractivity contribution < 1.29 is 0 Å². The van der Waals surface area contributed by atoms with Crippen LogP contribution in [0.1, 0.15) is 0 Å². The lowest BCUT2D eigenvalue weighted by atomic mass is 9.82. The fourth-order valence-corrected chi connectivity index (χ4v) is 12.9. The largest absolute Gasteiger partial charge is 0.310 e. The summed E-state index contributed by atoms with van der Waals surface area (Å²) in [6.45, 7) is 0. The van der Waals surface area contributed by atoms with E-state index in [0.717, 1.165) is 34.1 Å². The van der Waals surface area contributed by atoms with E-state index in [1.54, 1.807) is 0 Å². The van der Waals surface area contributed by atoms with Gasteiger partial charge in [-0.25, -0.2) is 0 Å². The van der Waals surface area contributed by atoms with Crippen molar-refractivity contribution in [1.29, 1.82) is 0 Å². The van der Waals surface area contributed by atoms with Crippen LogP contribution in [0.5, 0.6) is 0 Å². The minimum atomic E-state index is 1.08. The number of rotatable bonds is 8. The third-order valence-corrected chi connectivity index (χ3v) is 16.7. The summed E-state index contributed by atoms with van der Waals surface area (Å²) in [5.74, 6) is 0. The molecule has 0 heterocycles. The van der Waals surface area contributed by atoms with Gasteiger partial charge in [0.2, 0.25) is 0 Å². The molecule has 0 aliphatic carbocycles. The summed E-state index contributed by atoms with van der Waals surface area (Å²) in [6, 6.07) is 113. The minimum Gasteiger partial charge on any atom is -0.310 e. The van der Waals surface area contributed by atoms with E-state index in [0.29, 0.717) is 0 Å². The first-order valence-electron chi connectivity index (χ1n) is 27.6. The molecule has 0 aromatic heterocycles. The van der Waals surface area contributed by atoms with Gasteiger partial charge >= 0.3 is 0 Å². The Bertz CT molecular complexity index is 5000. The maximum atomic E-state index is 2.48. The molecule has 16 aromatic rings. The molecule has 0 aliphatic rings. The smallest absolute Gasteiger partial charge is 0.0468 e. The molecular weight excluding hydrogens is 965 g/mol. The van der Waals surface area contributed by atoms with Crippen LogP contribution in [0.3, 0.4) is 0 Å². The molecule has 0 N–H and O–H groups in total. The maximum Gasteiger partial charge on any atom is 0.0468 e. The number of hydrogen-bond donors (Lipinski definition) is 0. The molecule has 0 spiro atoms. The molecule has 0 radical (unpaired) electrons. The monoisotopic (exact) mass is 1010 g/mol. The summed E-state index contributed by atoms with van der Waals surface area (Å²) in [7, 11) is 0. The van der Waals surface area contributed by atoms with Crippen LogP contribution < -0.4 is 9.80 Å². The Labute approximate surface area is 463 Å². The fourth-order valence-electron chi connectivity index (χ4n) is 12.9. The highest BCUT2D eigenvalue weighted by Crippen LogP contribution is 2.51. The molecule has 2 nitrogen and oxygen atoms in total. The highest BCUT2D eigenvalue weighted by Gasteiger charge is 2.25. The van der Waals surface area contributed by atoms with Gasteiger partial charge in [0.15, 0.2) is 0 Å². The Kier molecular flexibility index (Phi) is 10.6. The molecule has 16 aromatic carbocycles. The number of nitrogens with zero attached hydrogens (tertiary/aromatic N) is 2. The van der Waals surface area contributed by atoms with E-state index in [2.05, 4.69) is 313 Å². The second kappa shape index (κ2) is 18.6. The lowest BCUT2D eigenvalue weighted by Gasteiger charge is -2.29. The molecule has 0 fully saturated rings. The normalized spacial score (nSPS) is 11.8. The van der Waals surface area contributed by atoms with Gasteiger partial charge < -0.3 is 9.80 Å². The SMILES string of the molecule is c1ccc2cc(N(c3ccc4ccccc4c3)c3ccc4c(-c5cc6ccccc6c6ccccc56)c5cc(N(c6ccc7ccccc7c6)c6ccc7ccccc7c6)ccc5c(-c5cccc6ccccc56)c4c3)ccc2c1. The van der Waals surface area contributed by atoms with E-state index in [1.165, 1.54) is 119 Å². The average Bonchev–Trinajstić information content (AvgIpc) is 3.63. The van der Waals surface area contributed by atoms with Crippen LogP contribution in [0.2, 0.25) is 0 Å². The number of fused-ring (bicyclic) bond motifs is 10. The van der Waals surface area contributed by atoms with Crippen molar-refractivity contribution in [3.63, 3.8) is 0 Å². The maximum absolute atomic E-state index is 2.48. The number of anilines is 6. The van der Waals surface area contributed by atoms with Crippen LogP contribution >= 0.6 is 0 Å². The van der Waals surface area contributed by atoms with Gasteiger partial charge in [-0.2, -0.15) is 0 Å². The van der Waals surface area contributed by atoms with Gasteiger partial charge in [-0.15, -0.1) is 0 Å². The molecule has 2 heteroatoms. The van der Waals surface area contributed by atoms with Gasteiger partial charge in [0, 0.05) is 34.1 Å². The number of hydrogen-bond acceptors (Lipinski definition) is 2. The molecule has 372 valence electrons. The van der Waals surface area contributed by atoms with Crippen LogP contribution in [0.4, 0.5) is 34.1 Å². The van der Waals surface area contributed by atoms with E-state index in [-0.39, 0.29) is 0 Å². The number of benzene rings is 16. The van der Waals surface area contributed by atoms with Gasteiger partial charge in [0.05, 0.1) is 0 Å². The second-order valence-electron chi connectivity index (χ2n) is 21.2. The lowest BCUT2D eigenvalue weighted by molar-refractivity contribution is 1.30. The molecule has 0 amide bonds. The summed E-state index contributed by atoms with van der Waals surface area (Å²) < 4.78 is 0. The average molecular weight is 1020 g/mol. The van der Waals surface area contributed by atoms with Gasteiger partial charge in [-0.3, -0.25) is 0 Å². The predicted octanol–water partition coefficient (Wildman–Crippen LogP) is 22.3. The van der Waals surface area contributed by atoms with Crippen molar-refractivity contribution in [3.05, 3.63) is 303 Å². The van der Waals surface area contributed by atoms with Gasteiger partial charge in [0.25, 0.3) is 0 Å². The Hall–Kier alpha value is -10.5. The third-order valence-electron chi connectivity index (χ3n) is 16.7. The highest BCUT2D eigenvalue weighted by molar-refractivity contribution is 6.28. The van der Waals surface area contributed by atoms with Gasteiger partial charge in [-0.1, -0.05) is 224 Å². The standard InChI is InChI=1S/C78H50N2/c1-5-21-56-44-61(36-32-51(56)16-1)79(62-37-33-52-17-2-6-22-57(52)45-62)65-41-43-73-75(49-65)77(71-31-15-26-55-20-9-11-27-67(55)71)72-42-40-66(50-76(72)78(73)74-48-60-25-10-12-28-68(60)69-29-13-14-30-70(69)74)80(63-38-34-53-18-3-7-23-58(53)46-63)64-39-35-54-19-4-8-24-59(54)47-64/h1-50H. The van der Waals surface area contributed by atoms with Gasteiger partial charge in [-0.05, 0) is 198 Å². The first-order chi connectivity index (χ1) is 39.6. The van der Waals surface area contributed by atoms with Crippen LogP contribution in [-0.4, -0.2) is 0 Å². The zero-order chi connectivity index (χ0) is 52.7. The summed E-state index contributed by atoms with van der Waals surface area (Å²) in [5.41, 5.74) is 11.3. The summed E-state index contributed by atoms with van der Waals surface area (Å²) in [6.07, 6.45) is 0. The Morgan fingerprint density at radius 1 is 0.150 bits per heavy atom. The lowest BCUT2D eigenvalue weighted by Crippen LogP contribution is -2.10. The van der Waals surface area contributed by atoms with Crippen molar-refractivity contribution in [2.24, 2.45) is 0 Å². The molecule has 16 rings (SSSR count). The Morgan fingerprint density at radius 2 is 0.475 bits per heavy atom. The van der Waals surface area contributed by atoms with Crippen molar-refractivity contribution in [3.8, 4) is 22.3 Å². The Balaban J connectivity index is 1.05. The molecule has 0 aliphatic heterocycles. The summed E-state index contributed by atoms with van der Waals surface area (Å²) in [4.78, 5) is 4.91. The van der Waals surface area contributed by atoms with Crippen LogP contribution in [0, 0.1) is 0 Å². The van der Waals surface area contributed by atoms with Crippen molar-refractivity contribution in [2.75, 3.05) is 9.80 Å². The van der Waals surface area contributed by atoms with Crippen LogP contribution in [0.25, 0.3) is 119 Å².